The molecule has 1 heterocycles. The zero-order valence-electron chi connectivity index (χ0n) is 10.2. The first-order valence-corrected chi connectivity index (χ1v) is 6.97. The Bertz CT molecular complexity index is 627. The van der Waals surface area contributed by atoms with Gasteiger partial charge in [-0.3, -0.25) is 4.79 Å². The number of nitrogens with zero attached hydrogens (tertiary/aromatic N) is 1. The molecule has 3 rings (SSSR count). The van der Waals surface area contributed by atoms with E-state index in [4.69, 9.17) is 0 Å². The lowest BCUT2D eigenvalue weighted by Gasteiger charge is -2.17. The summed E-state index contributed by atoms with van der Waals surface area (Å²) < 4.78 is 3.26. The number of carbonyl (C=O) groups is 1. The molecule has 1 aliphatic rings. The van der Waals surface area contributed by atoms with Gasteiger partial charge in [-0.25, -0.2) is 0 Å². The molecule has 0 spiro atoms. The molecule has 92 valence electrons. The minimum Gasteiger partial charge on any atom is -0.316 e. The van der Waals surface area contributed by atoms with Gasteiger partial charge in [0.1, 0.15) is 0 Å². The van der Waals surface area contributed by atoms with E-state index in [1.807, 2.05) is 24.3 Å². The first-order chi connectivity index (χ1) is 8.68. The fourth-order valence-electron chi connectivity index (χ4n) is 2.70. The van der Waals surface area contributed by atoms with E-state index >= 15 is 0 Å². The molecule has 0 N–H and O–H groups in total. The number of ketones is 1. The fourth-order valence-corrected chi connectivity index (χ4v) is 3.16. The Hall–Kier alpha value is -1.35. The molecule has 0 bridgehead atoms. The van der Waals surface area contributed by atoms with Gasteiger partial charge in [-0.1, -0.05) is 12.1 Å². The molecule has 1 aromatic carbocycles. The number of hydrogen-bond donors (Lipinski definition) is 0. The van der Waals surface area contributed by atoms with Crippen LogP contribution in [0, 0.1) is 6.92 Å². The van der Waals surface area contributed by atoms with E-state index in [9.17, 15) is 4.79 Å². The van der Waals surface area contributed by atoms with Gasteiger partial charge in [0.2, 0.25) is 0 Å². The molecule has 18 heavy (non-hydrogen) atoms. The van der Waals surface area contributed by atoms with E-state index in [1.165, 1.54) is 0 Å². The van der Waals surface area contributed by atoms with Gasteiger partial charge < -0.3 is 4.57 Å². The standard InChI is InChI=1S/C15H14BrNO/c1-10-9-11-13(7-4-8-15(11)18)17(10)14-6-3-2-5-12(14)16/h2-3,5-6,9H,4,7-8H2,1H3. The van der Waals surface area contributed by atoms with E-state index < -0.39 is 0 Å². The number of hydrogen-bond acceptors (Lipinski definition) is 1. The molecule has 0 unspecified atom stereocenters. The van der Waals surface area contributed by atoms with Gasteiger partial charge in [0.05, 0.1) is 5.69 Å². The largest absolute Gasteiger partial charge is 0.316 e. The third kappa shape index (κ3) is 1.74. The number of aromatic nitrogens is 1. The Morgan fingerprint density at radius 3 is 2.78 bits per heavy atom. The van der Waals surface area contributed by atoms with Gasteiger partial charge in [-0.2, -0.15) is 0 Å². The van der Waals surface area contributed by atoms with Crippen LogP contribution in [0.1, 0.15) is 34.6 Å². The van der Waals surface area contributed by atoms with E-state index in [0.717, 1.165) is 40.0 Å². The molecule has 0 saturated heterocycles. The monoisotopic (exact) mass is 303 g/mol. The summed E-state index contributed by atoms with van der Waals surface area (Å²) in [6.07, 6.45) is 2.63. The molecule has 0 saturated carbocycles. The van der Waals surface area contributed by atoms with Crippen molar-refractivity contribution in [2.24, 2.45) is 0 Å². The van der Waals surface area contributed by atoms with Crippen LogP contribution in [0.3, 0.4) is 0 Å². The highest BCUT2D eigenvalue weighted by Gasteiger charge is 2.23. The number of para-hydroxylation sites is 1. The third-order valence-electron chi connectivity index (χ3n) is 3.50. The van der Waals surface area contributed by atoms with Gasteiger partial charge in [0, 0.05) is 27.8 Å². The Balaban J connectivity index is 2.25. The smallest absolute Gasteiger partial charge is 0.164 e. The maximum Gasteiger partial charge on any atom is 0.164 e. The van der Waals surface area contributed by atoms with Crippen molar-refractivity contribution in [3.8, 4) is 5.69 Å². The number of Topliss-reactive ketones (excluding diaryl/α,β-unsaturated/α-hetero) is 1. The average molecular weight is 304 g/mol. The van der Waals surface area contributed by atoms with Crippen LogP contribution in [0.2, 0.25) is 0 Å². The van der Waals surface area contributed by atoms with Crippen LogP contribution in [0.25, 0.3) is 5.69 Å². The molecule has 1 aliphatic carbocycles. The zero-order chi connectivity index (χ0) is 12.7. The Kier molecular flexibility index (Phi) is 2.86. The first-order valence-electron chi connectivity index (χ1n) is 6.18. The van der Waals surface area contributed by atoms with Crippen LogP contribution in [-0.2, 0) is 6.42 Å². The van der Waals surface area contributed by atoms with Gasteiger partial charge in [-0.15, -0.1) is 0 Å². The topological polar surface area (TPSA) is 22.0 Å². The Labute approximate surface area is 115 Å². The maximum atomic E-state index is 11.9. The zero-order valence-corrected chi connectivity index (χ0v) is 11.8. The van der Waals surface area contributed by atoms with Crippen LogP contribution < -0.4 is 0 Å². The number of halogens is 1. The predicted molar refractivity (Wildman–Crippen MR) is 75.5 cm³/mol. The van der Waals surface area contributed by atoms with Crippen LogP contribution in [0.5, 0.6) is 0 Å². The number of fused-ring (bicyclic) bond motifs is 1. The minimum absolute atomic E-state index is 0.283. The van der Waals surface area contributed by atoms with E-state index in [-0.39, 0.29) is 5.78 Å². The molecule has 3 heteroatoms. The van der Waals surface area contributed by atoms with Crippen molar-refractivity contribution in [1.29, 1.82) is 0 Å². The Morgan fingerprint density at radius 2 is 2.00 bits per heavy atom. The Morgan fingerprint density at radius 1 is 1.22 bits per heavy atom. The van der Waals surface area contributed by atoms with E-state index in [0.29, 0.717) is 6.42 Å². The number of carbonyl (C=O) groups excluding carboxylic acids is 1. The van der Waals surface area contributed by atoms with Crippen LogP contribution in [0.4, 0.5) is 0 Å². The highest BCUT2D eigenvalue weighted by atomic mass is 79.9. The molecule has 0 atom stereocenters. The van der Waals surface area contributed by atoms with E-state index in [2.05, 4.69) is 33.5 Å². The van der Waals surface area contributed by atoms with Crippen molar-refractivity contribution in [3.63, 3.8) is 0 Å². The van der Waals surface area contributed by atoms with Crippen molar-refractivity contribution >= 4 is 21.7 Å². The number of rotatable bonds is 1. The van der Waals surface area contributed by atoms with Crippen LogP contribution in [0.15, 0.2) is 34.8 Å². The molecule has 0 radical (unpaired) electrons. The lowest BCUT2D eigenvalue weighted by molar-refractivity contribution is 0.0972. The van der Waals surface area contributed by atoms with Crippen molar-refractivity contribution in [1.82, 2.24) is 4.57 Å². The second-order valence-corrected chi connectivity index (χ2v) is 5.56. The van der Waals surface area contributed by atoms with Crippen LogP contribution in [-0.4, -0.2) is 10.4 Å². The molecular weight excluding hydrogens is 290 g/mol. The quantitative estimate of drug-likeness (QED) is 0.778. The third-order valence-corrected chi connectivity index (χ3v) is 4.17. The second kappa shape index (κ2) is 4.39. The van der Waals surface area contributed by atoms with Gasteiger partial charge in [0.25, 0.3) is 0 Å². The number of aryl methyl sites for hydroxylation is 1. The second-order valence-electron chi connectivity index (χ2n) is 4.71. The molecule has 0 amide bonds. The molecular formula is C15H14BrNO. The summed E-state index contributed by atoms with van der Waals surface area (Å²) in [6, 6.07) is 10.2. The van der Waals surface area contributed by atoms with Gasteiger partial charge in [-0.05, 0) is 53.9 Å². The summed E-state index contributed by atoms with van der Waals surface area (Å²) in [6.45, 7) is 2.06. The summed E-state index contributed by atoms with van der Waals surface area (Å²) in [5, 5.41) is 0. The maximum absolute atomic E-state index is 11.9. The van der Waals surface area contributed by atoms with Crippen LogP contribution >= 0.6 is 15.9 Å². The van der Waals surface area contributed by atoms with Crippen molar-refractivity contribution in [2.75, 3.05) is 0 Å². The molecule has 2 nitrogen and oxygen atoms in total. The lowest BCUT2D eigenvalue weighted by Crippen LogP contribution is -2.12. The van der Waals surface area contributed by atoms with Crippen molar-refractivity contribution in [3.05, 3.63) is 51.8 Å². The summed E-state index contributed by atoms with van der Waals surface area (Å²) in [5.74, 6) is 0.283. The average Bonchev–Trinajstić information content (AvgIpc) is 2.68. The normalized spacial score (nSPS) is 14.7. The molecule has 1 aromatic heterocycles. The van der Waals surface area contributed by atoms with Crippen molar-refractivity contribution in [2.45, 2.75) is 26.2 Å². The lowest BCUT2D eigenvalue weighted by atomic mass is 9.96. The molecule has 2 aromatic rings. The summed E-state index contributed by atoms with van der Waals surface area (Å²) in [4.78, 5) is 11.9. The highest BCUT2D eigenvalue weighted by molar-refractivity contribution is 9.10. The first kappa shape index (κ1) is 11.7. The van der Waals surface area contributed by atoms with Crippen molar-refractivity contribution < 1.29 is 4.79 Å². The summed E-state index contributed by atoms with van der Waals surface area (Å²) in [7, 11) is 0. The highest BCUT2D eigenvalue weighted by Crippen LogP contribution is 2.30. The predicted octanol–water partition coefficient (Wildman–Crippen LogP) is 4.07. The summed E-state index contributed by atoms with van der Waals surface area (Å²) in [5.41, 5.74) is 4.32. The summed E-state index contributed by atoms with van der Waals surface area (Å²) >= 11 is 3.59. The van der Waals surface area contributed by atoms with Gasteiger partial charge in [0.15, 0.2) is 5.78 Å². The number of benzene rings is 1. The fraction of sp³-hybridized carbons (Fsp3) is 0.267. The molecule has 0 fully saturated rings. The minimum atomic E-state index is 0.283. The van der Waals surface area contributed by atoms with E-state index in [1.54, 1.807) is 0 Å². The molecule has 0 aliphatic heterocycles. The van der Waals surface area contributed by atoms with Gasteiger partial charge >= 0.3 is 0 Å². The SMILES string of the molecule is Cc1cc2c(n1-c1ccccc1Br)CCCC2=O.